The van der Waals surface area contributed by atoms with Crippen molar-refractivity contribution in [3.63, 3.8) is 0 Å². The van der Waals surface area contributed by atoms with Crippen molar-refractivity contribution in [3.8, 4) is 0 Å². The zero-order valence-corrected chi connectivity index (χ0v) is 12.5. The predicted molar refractivity (Wildman–Crippen MR) is 82.1 cm³/mol. The summed E-state index contributed by atoms with van der Waals surface area (Å²) in [7, 11) is 0. The van der Waals surface area contributed by atoms with Crippen molar-refractivity contribution in [2.75, 3.05) is 6.61 Å². The van der Waals surface area contributed by atoms with E-state index in [0.29, 0.717) is 13.0 Å². The van der Waals surface area contributed by atoms with Crippen molar-refractivity contribution < 1.29 is 9.53 Å². The molecular formula is C17H30O2. The summed E-state index contributed by atoms with van der Waals surface area (Å²) in [6, 6.07) is 0. The van der Waals surface area contributed by atoms with E-state index in [1.807, 2.05) is 6.08 Å². The summed E-state index contributed by atoms with van der Waals surface area (Å²) in [5.41, 5.74) is 0. The third-order valence-corrected chi connectivity index (χ3v) is 2.99. The first-order chi connectivity index (χ1) is 9.31. The van der Waals surface area contributed by atoms with Gasteiger partial charge in [0.2, 0.25) is 0 Å². The van der Waals surface area contributed by atoms with Crippen LogP contribution in [0.3, 0.4) is 0 Å². The lowest BCUT2D eigenvalue weighted by Crippen LogP contribution is -2.04. The highest BCUT2D eigenvalue weighted by Gasteiger charge is 2.01. The van der Waals surface area contributed by atoms with E-state index in [4.69, 9.17) is 4.74 Å². The minimum absolute atomic E-state index is 0.0449. The minimum Gasteiger partial charge on any atom is -0.465 e. The lowest BCUT2D eigenvalue weighted by Gasteiger charge is -2.03. The molecule has 0 saturated carbocycles. The van der Waals surface area contributed by atoms with Gasteiger partial charge in [0.25, 0.3) is 0 Å². The first kappa shape index (κ1) is 17.9. The summed E-state index contributed by atoms with van der Waals surface area (Å²) in [4.78, 5) is 11.4. The van der Waals surface area contributed by atoms with Crippen LogP contribution in [0.1, 0.15) is 71.1 Å². The van der Waals surface area contributed by atoms with Crippen LogP contribution >= 0.6 is 0 Å². The summed E-state index contributed by atoms with van der Waals surface area (Å²) < 4.78 is 5.15. The fraction of sp³-hybridized carbons (Fsp3) is 0.706. The zero-order chi connectivity index (χ0) is 14.2. The molecule has 0 N–H and O–H groups in total. The summed E-state index contributed by atoms with van der Waals surface area (Å²) in [6.07, 6.45) is 16.8. The van der Waals surface area contributed by atoms with Crippen LogP contribution < -0.4 is 0 Å². The van der Waals surface area contributed by atoms with E-state index >= 15 is 0 Å². The molecule has 0 aliphatic rings. The zero-order valence-electron chi connectivity index (χ0n) is 12.5. The van der Waals surface area contributed by atoms with Gasteiger partial charge in [0.15, 0.2) is 0 Å². The Balaban J connectivity index is 3.20. The average molecular weight is 266 g/mol. The van der Waals surface area contributed by atoms with E-state index in [1.54, 1.807) is 0 Å². The average Bonchev–Trinajstić information content (AvgIpc) is 2.41. The van der Waals surface area contributed by atoms with Gasteiger partial charge in [-0.15, -0.1) is 6.58 Å². The van der Waals surface area contributed by atoms with Crippen LogP contribution in [0.4, 0.5) is 0 Å². The fourth-order valence-corrected chi connectivity index (χ4v) is 1.86. The van der Waals surface area contributed by atoms with E-state index in [1.165, 1.54) is 25.7 Å². The molecule has 0 aromatic carbocycles. The molecule has 0 atom stereocenters. The Morgan fingerprint density at radius 1 is 1.00 bits per heavy atom. The Morgan fingerprint density at radius 3 is 2.37 bits per heavy atom. The minimum atomic E-state index is -0.0449. The van der Waals surface area contributed by atoms with Gasteiger partial charge >= 0.3 is 5.97 Å². The Labute approximate surface area is 118 Å². The summed E-state index contributed by atoms with van der Waals surface area (Å²) in [5.74, 6) is -0.0449. The SMILES string of the molecule is C=CCCCCCCCCC(=O)OCC/C=C\CC. The van der Waals surface area contributed by atoms with Crippen LogP contribution in [-0.4, -0.2) is 12.6 Å². The van der Waals surface area contributed by atoms with Gasteiger partial charge in [-0.25, -0.2) is 0 Å². The largest absolute Gasteiger partial charge is 0.465 e. The van der Waals surface area contributed by atoms with Crippen LogP contribution in [0.25, 0.3) is 0 Å². The number of carbonyl (C=O) groups is 1. The van der Waals surface area contributed by atoms with E-state index in [2.05, 4.69) is 25.7 Å². The molecule has 2 heteroatoms. The molecule has 0 aliphatic heterocycles. The van der Waals surface area contributed by atoms with Crippen LogP contribution in [0, 0.1) is 0 Å². The maximum Gasteiger partial charge on any atom is 0.305 e. The van der Waals surface area contributed by atoms with Gasteiger partial charge in [0.05, 0.1) is 6.61 Å². The molecular weight excluding hydrogens is 236 g/mol. The number of hydrogen-bond donors (Lipinski definition) is 0. The quantitative estimate of drug-likeness (QED) is 0.260. The van der Waals surface area contributed by atoms with Gasteiger partial charge < -0.3 is 4.74 Å². The Bertz CT molecular complexity index is 244. The first-order valence-electron chi connectivity index (χ1n) is 7.72. The van der Waals surface area contributed by atoms with E-state index in [-0.39, 0.29) is 5.97 Å². The van der Waals surface area contributed by atoms with E-state index in [0.717, 1.165) is 32.1 Å². The molecule has 0 unspecified atom stereocenters. The number of ether oxygens (including phenoxy) is 1. The molecule has 0 aliphatic carbocycles. The molecule has 0 spiro atoms. The van der Waals surface area contributed by atoms with Crippen molar-refractivity contribution in [2.24, 2.45) is 0 Å². The number of allylic oxidation sites excluding steroid dienone is 2. The molecule has 0 amide bonds. The summed E-state index contributed by atoms with van der Waals surface area (Å²) in [5, 5.41) is 0. The van der Waals surface area contributed by atoms with Crippen molar-refractivity contribution in [1.82, 2.24) is 0 Å². The highest BCUT2D eigenvalue weighted by atomic mass is 16.5. The Hall–Kier alpha value is -1.05. The first-order valence-corrected chi connectivity index (χ1v) is 7.72. The molecule has 0 saturated heterocycles. The number of hydrogen-bond acceptors (Lipinski definition) is 2. The second-order valence-corrected chi connectivity index (χ2v) is 4.84. The molecule has 0 bridgehead atoms. The number of esters is 1. The van der Waals surface area contributed by atoms with Crippen LogP contribution in [-0.2, 0) is 9.53 Å². The lowest BCUT2D eigenvalue weighted by atomic mass is 10.1. The van der Waals surface area contributed by atoms with E-state index < -0.39 is 0 Å². The Kier molecular flexibility index (Phi) is 14.2. The molecule has 0 heterocycles. The molecule has 0 aromatic rings. The van der Waals surface area contributed by atoms with Crippen LogP contribution in [0.5, 0.6) is 0 Å². The van der Waals surface area contributed by atoms with Gasteiger partial charge in [0, 0.05) is 6.42 Å². The lowest BCUT2D eigenvalue weighted by molar-refractivity contribution is -0.143. The number of unbranched alkanes of at least 4 members (excludes halogenated alkanes) is 6. The highest BCUT2D eigenvalue weighted by molar-refractivity contribution is 5.69. The van der Waals surface area contributed by atoms with Gasteiger partial charge in [0.1, 0.15) is 0 Å². The van der Waals surface area contributed by atoms with Crippen molar-refractivity contribution >= 4 is 5.97 Å². The van der Waals surface area contributed by atoms with Crippen molar-refractivity contribution in [1.29, 1.82) is 0 Å². The predicted octanol–water partition coefficient (Wildman–Crippen LogP) is 5.19. The molecule has 19 heavy (non-hydrogen) atoms. The molecule has 2 nitrogen and oxygen atoms in total. The standard InChI is InChI=1S/C17H30O2/c1-3-5-7-9-10-11-12-13-15-17(18)19-16-14-8-6-4-2/h3,6,8H,1,4-5,7,9-16H2,2H3/b8-6-. The van der Waals surface area contributed by atoms with Gasteiger partial charge in [-0.1, -0.05) is 50.8 Å². The molecule has 0 aromatic heterocycles. The molecule has 0 radical (unpaired) electrons. The maximum absolute atomic E-state index is 11.4. The summed E-state index contributed by atoms with van der Waals surface area (Å²) >= 11 is 0. The third-order valence-electron chi connectivity index (χ3n) is 2.99. The normalized spacial score (nSPS) is 10.8. The van der Waals surface area contributed by atoms with Crippen LogP contribution in [0.2, 0.25) is 0 Å². The fourth-order valence-electron chi connectivity index (χ4n) is 1.86. The smallest absolute Gasteiger partial charge is 0.305 e. The third kappa shape index (κ3) is 14.9. The van der Waals surface area contributed by atoms with Crippen molar-refractivity contribution in [2.45, 2.75) is 71.1 Å². The summed E-state index contributed by atoms with van der Waals surface area (Å²) in [6.45, 7) is 6.33. The van der Waals surface area contributed by atoms with Crippen molar-refractivity contribution in [3.05, 3.63) is 24.8 Å². The molecule has 0 fully saturated rings. The maximum atomic E-state index is 11.4. The van der Waals surface area contributed by atoms with Gasteiger partial charge in [-0.2, -0.15) is 0 Å². The van der Waals surface area contributed by atoms with E-state index in [9.17, 15) is 4.79 Å². The van der Waals surface area contributed by atoms with Gasteiger partial charge in [-0.3, -0.25) is 4.79 Å². The molecule has 110 valence electrons. The number of carbonyl (C=O) groups excluding carboxylic acids is 1. The second-order valence-electron chi connectivity index (χ2n) is 4.84. The monoisotopic (exact) mass is 266 g/mol. The number of rotatable bonds is 13. The topological polar surface area (TPSA) is 26.3 Å². The Morgan fingerprint density at radius 2 is 1.68 bits per heavy atom. The molecule has 0 rings (SSSR count). The van der Waals surface area contributed by atoms with Gasteiger partial charge in [-0.05, 0) is 32.1 Å². The highest BCUT2D eigenvalue weighted by Crippen LogP contribution is 2.09. The second kappa shape index (κ2) is 15.0. The van der Waals surface area contributed by atoms with Crippen LogP contribution in [0.15, 0.2) is 24.8 Å².